The van der Waals surface area contributed by atoms with Crippen molar-refractivity contribution in [2.24, 2.45) is 5.92 Å². The molecule has 0 unspecified atom stereocenters. The van der Waals surface area contributed by atoms with Gasteiger partial charge in [-0.15, -0.1) is 11.3 Å². The number of nitriles is 1. The van der Waals surface area contributed by atoms with Crippen molar-refractivity contribution in [3.05, 3.63) is 52.4 Å². The van der Waals surface area contributed by atoms with Crippen molar-refractivity contribution in [2.45, 2.75) is 31.8 Å². The minimum Gasteiger partial charge on any atom is -0.336 e. The van der Waals surface area contributed by atoms with E-state index in [1.54, 1.807) is 6.92 Å². The summed E-state index contributed by atoms with van der Waals surface area (Å²) >= 11 is 1.41. The predicted molar refractivity (Wildman–Crippen MR) is 104 cm³/mol. The van der Waals surface area contributed by atoms with E-state index in [1.807, 2.05) is 35.7 Å². The molecule has 1 N–H and O–H groups in total. The van der Waals surface area contributed by atoms with Crippen molar-refractivity contribution >= 4 is 27.5 Å². The van der Waals surface area contributed by atoms with E-state index in [0.717, 1.165) is 24.0 Å². The Kier molecular flexibility index (Phi) is 4.28. The van der Waals surface area contributed by atoms with Crippen LogP contribution in [0.3, 0.4) is 0 Å². The van der Waals surface area contributed by atoms with Gasteiger partial charge >= 0.3 is 0 Å². The van der Waals surface area contributed by atoms with Crippen LogP contribution in [0.1, 0.15) is 19.8 Å². The summed E-state index contributed by atoms with van der Waals surface area (Å²) in [6.45, 7) is 1.58. The molecule has 1 aromatic carbocycles. The van der Waals surface area contributed by atoms with E-state index in [-0.39, 0.29) is 23.9 Å². The predicted octanol–water partition coefficient (Wildman–Crippen LogP) is 2.93. The first kappa shape index (κ1) is 17.4. The molecule has 27 heavy (non-hydrogen) atoms. The molecular weight excluding hydrogens is 360 g/mol. The maximum absolute atomic E-state index is 13.0. The lowest BCUT2D eigenvalue weighted by atomic mass is 9.98. The largest absolute Gasteiger partial charge is 0.336 e. The average molecular weight is 378 g/mol. The maximum Gasteiger partial charge on any atom is 0.263 e. The van der Waals surface area contributed by atoms with Gasteiger partial charge < -0.3 is 5.32 Å². The van der Waals surface area contributed by atoms with Gasteiger partial charge in [0.25, 0.3) is 5.56 Å². The van der Waals surface area contributed by atoms with Gasteiger partial charge in [0.1, 0.15) is 16.9 Å². The number of thiophene rings is 1. The number of benzene rings is 1. The van der Waals surface area contributed by atoms with Crippen LogP contribution < -0.4 is 10.9 Å². The van der Waals surface area contributed by atoms with Crippen molar-refractivity contribution in [3.63, 3.8) is 0 Å². The first-order chi connectivity index (χ1) is 13.0. The van der Waals surface area contributed by atoms with Crippen molar-refractivity contribution in [1.29, 1.82) is 5.26 Å². The summed E-state index contributed by atoms with van der Waals surface area (Å²) in [5.41, 5.74) is 0.633. The lowest BCUT2D eigenvalue weighted by Gasteiger charge is -2.23. The molecule has 1 fully saturated rings. The van der Waals surface area contributed by atoms with Crippen LogP contribution in [0.4, 0.5) is 0 Å². The fourth-order valence-corrected chi connectivity index (χ4v) is 4.18. The lowest BCUT2D eigenvalue weighted by Crippen LogP contribution is -2.48. The van der Waals surface area contributed by atoms with Gasteiger partial charge in [0.15, 0.2) is 0 Å². The van der Waals surface area contributed by atoms with E-state index < -0.39 is 5.54 Å². The molecule has 0 aliphatic heterocycles. The molecule has 6 nitrogen and oxygen atoms in total. The number of amides is 1. The standard InChI is InChI=1S/C20H18N4O2S/c1-20(11-21,14-7-8-14)23-16(25)9-24-12-22-18-17(19(24)26)15(10-27-18)13-5-3-2-4-6-13/h2-6,10,12,14H,7-9H2,1H3,(H,23,25)/t20-/m0/s1. The fraction of sp³-hybridized carbons (Fsp3) is 0.300. The molecule has 136 valence electrons. The Morgan fingerprint density at radius 2 is 2.15 bits per heavy atom. The molecule has 1 amide bonds. The second-order valence-corrected chi connectivity index (χ2v) is 7.87. The van der Waals surface area contributed by atoms with E-state index >= 15 is 0 Å². The number of aromatic nitrogens is 2. The summed E-state index contributed by atoms with van der Waals surface area (Å²) in [5.74, 6) is -0.170. The Morgan fingerprint density at radius 3 is 2.81 bits per heavy atom. The smallest absolute Gasteiger partial charge is 0.263 e. The molecule has 1 saturated carbocycles. The molecule has 0 bridgehead atoms. The quantitative estimate of drug-likeness (QED) is 0.739. The highest BCUT2D eigenvalue weighted by Crippen LogP contribution is 2.39. The number of hydrogen-bond donors (Lipinski definition) is 1. The van der Waals surface area contributed by atoms with Crippen molar-refractivity contribution in [3.8, 4) is 17.2 Å². The molecule has 0 spiro atoms. The molecule has 4 rings (SSSR count). The Labute approximate surface area is 160 Å². The van der Waals surface area contributed by atoms with E-state index in [0.29, 0.717) is 10.2 Å². The minimum atomic E-state index is -0.879. The average Bonchev–Trinajstić information content (AvgIpc) is 3.45. The third-order valence-electron chi connectivity index (χ3n) is 4.98. The molecule has 1 aliphatic rings. The van der Waals surface area contributed by atoms with Crippen LogP contribution >= 0.6 is 11.3 Å². The van der Waals surface area contributed by atoms with Crippen LogP contribution in [-0.2, 0) is 11.3 Å². The molecule has 1 atom stereocenters. The van der Waals surface area contributed by atoms with Crippen LogP contribution in [-0.4, -0.2) is 21.0 Å². The van der Waals surface area contributed by atoms with Crippen LogP contribution in [0.2, 0.25) is 0 Å². The number of nitrogens with zero attached hydrogens (tertiary/aromatic N) is 3. The molecule has 0 saturated heterocycles. The van der Waals surface area contributed by atoms with Crippen molar-refractivity contribution in [1.82, 2.24) is 14.9 Å². The van der Waals surface area contributed by atoms with Gasteiger partial charge in [-0.25, -0.2) is 4.98 Å². The maximum atomic E-state index is 13.0. The number of nitrogens with one attached hydrogen (secondary N) is 1. The summed E-state index contributed by atoms with van der Waals surface area (Å²) < 4.78 is 1.31. The molecule has 2 aromatic heterocycles. The number of carbonyl (C=O) groups is 1. The Bertz CT molecular complexity index is 1110. The van der Waals surface area contributed by atoms with E-state index in [4.69, 9.17) is 0 Å². The SMILES string of the molecule is C[C@@](C#N)(NC(=O)Cn1cnc2scc(-c3ccccc3)c2c1=O)C1CC1. The third-order valence-corrected chi connectivity index (χ3v) is 5.87. The Balaban J connectivity index is 1.65. The highest BCUT2D eigenvalue weighted by molar-refractivity contribution is 7.17. The van der Waals surface area contributed by atoms with Gasteiger partial charge in [0.2, 0.25) is 5.91 Å². The number of fused-ring (bicyclic) bond motifs is 1. The van der Waals surface area contributed by atoms with Crippen molar-refractivity contribution < 1.29 is 4.79 Å². The molecular formula is C20H18N4O2S. The van der Waals surface area contributed by atoms with Crippen LogP contribution in [0, 0.1) is 17.2 Å². The summed E-state index contributed by atoms with van der Waals surface area (Å²) in [7, 11) is 0. The third kappa shape index (κ3) is 3.24. The van der Waals surface area contributed by atoms with E-state index in [2.05, 4.69) is 16.4 Å². The zero-order chi connectivity index (χ0) is 19.0. The Hall–Kier alpha value is -2.98. The van der Waals surface area contributed by atoms with Gasteiger partial charge in [-0.1, -0.05) is 30.3 Å². The lowest BCUT2D eigenvalue weighted by molar-refractivity contribution is -0.123. The first-order valence-electron chi connectivity index (χ1n) is 8.76. The highest BCUT2D eigenvalue weighted by Gasteiger charge is 2.43. The van der Waals surface area contributed by atoms with Crippen LogP contribution in [0.15, 0.2) is 46.8 Å². The number of rotatable bonds is 5. The Morgan fingerprint density at radius 1 is 1.41 bits per heavy atom. The van der Waals surface area contributed by atoms with Gasteiger partial charge in [0, 0.05) is 10.9 Å². The van der Waals surface area contributed by atoms with Crippen molar-refractivity contribution in [2.75, 3.05) is 0 Å². The van der Waals surface area contributed by atoms with Gasteiger partial charge in [0.05, 0.1) is 17.8 Å². The van der Waals surface area contributed by atoms with Gasteiger partial charge in [-0.2, -0.15) is 5.26 Å². The summed E-state index contributed by atoms with van der Waals surface area (Å²) in [4.78, 5) is 30.4. The number of hydrogen-bond acceptors (Lipinski definition) is 5. The van der Waals surface area contributed by atoms with Gasteiger partial charge in [-0.3, -0.25) is 14.2 Å². The summed E-state index contributed by atoms with van der Waals surface area (Å²) in [6.07, 6.45) is 3.27. The minimum absolute atomic E-state index is 0.157. The monoisotopic (exact) mass is 378 g/mol. The second-order valence-electron chi connectivity index (χ2n) is 7.01. The zero-order valence-electron chi connectivity index (χ0n) is 14.8. The molecule has 2 heterocycles. The second kappa shape index (κ2) is 6.63. The fourth-order valence-electron chi connectivity index (χ4n) is 3.28. The zero-order valence-corrected chi connectivity index (χ0v) is 15.6. The molecule has 3 aromatic rings. The topological polar surface area (TPSA) is 87.8 Å². The molecule has 0 radical (unpaired) electrons. The first-order valence-corrected chi connectivity index (χ1v) is 9.64. The van der Waals surface area contributed by atoms with Crippen LogP contribution in [0.25, 0.3) is 21.3 Å². The number of carbonyl (C=O) groups excluding carboxylic acids is 1. The summed E-state index contributed by atoms with van der Waals surface area (Å²) in [6, 6.07) is 11.8. The van der Waals surface area contributed by atoms with Crippen LogP contribution in [0.5, 0.6) is 0 Å². The molecule has 7 heteroatoms. The van der Waals surface area contributed by atoms with E-state index in [1.165, 1.54) is 22.2 Å². The summed E-state index contributed by atoms with van der Waals surface area (Å²) in [5, 5.41) is 14.6. The highest BCUT2D eigenvalue weighted by atomic mass is 32.1. The van der Waals surface area contributed by atoms with Gasteiger partial charge in [-0.05, 0) is 31.2 Å². The van der Waals surface area contributed by atoms with E-state index in [9.17, 15) is 14.9 Å². The normalized spacial score (nSPS) is 15.9. The molecule has 1 aliphatic carbocycles.